The van der Waals surface area contributed by atoms with E-state index in [1.807, 2.05) is 18.2 Å². The number of rotatable bonds is 2. The second kappa shape index (κ2) is 4.89. The first kappa shape index (κ1) is 10.8. The highest BCUT2D eigenvalue weighted by atomic mass is 35.5. The highest BCUT2D eigenvalue weighted by Gasteiger charge is 2.20. The summed E-state index contributed by atoms with van der Waals surface area (Å²) in [5.41, 5.74) is 1.13. The van der Waals surface area contributed by atoms with Gasteiger partial charge in [0, 0.05) is 16.8 Å². The largest absolute Gasteiger partial charge is 0.382 e. The first-order valence-electron chi connectivity index (χ1n) is 5.61. The molecule has 1 aromatic carbocycles. The summed E-state index contributed by atoms with van der Waals surface area (Å²) in [5.74, 6) is 0.651. The van der Waals surface area contributed by atoms with Crippen molar-refractivity contribution in [3.8, 4) is 0 Å². The van der Waals surface area contributed by atoms with Gasteiger partial charge in [0.2, 0.25) is 0 Å². The van der Waals surface area contributed by atoms with Crippen molar-refractivity contribution in [1.29, 1.82) is 0 Å². The molecule has 0 saturated heterocycles. The highest BCUT2D eigenvalue weighted by Crippen LogP contribution is 2.26. The summed E-state index contributed by atoms with van der Waals surface area (Å²) in [5, 5.41) is 4.35. The van der Waals surface area contributed by atoms with E-state index < -0.39 is 0 Å². The van der Waals surface area contributed by atoms with Gasteiger partial charge in [0.25, 0.3) is 0 Å². The standard InChI is InChI=1S/C13H17ClN/c1-10-5-2-3-8-13(10)15-12-7-4-6-11(14)9-12/h4-7,9-10,13,15H,2-3,8H2,1H3. The van der Waals surface area contributed by atoms with Crippen LogP contribution in [0.3, 0.4) is 0 Å². The van der Waals surface area contributed by atoms with Crippen molar-refractivity contribution in [1.82, 2.24) is 0 Å². The quantitative estimate of drug-likeness (QED) is 0.793. The van der Waals surface area contributed by atoms with E-state index in [1.165, 1.54) is 19.3 Å². The number of hydrogen-bond acceptors (Lipinski definition) is 1. The number of benzene rings is 1. The molecular formula is C13H17ClN. The van der Waals surface area contributed by atoms with E-state index in [9.17, 15) is 0 Å². The lowest BCUT2D eigenvalue weighted by Crippen LogP contribution is -2.30. The molecule has 0 spiro atoms. The van der Waals surface area contributed by atoms with Crippen LogP contribution in [0.5, 0.6) is 0 Å². The minimum atomic E-state index is 0.567. The van der Waals surface area contributed by atoms with Gasteiger partial charge in [-0.3, -0.25) is 0 Å². The van der Waals surface area contributed by atoms with Crippen LogP contribution in [0.15, 0.2) is 24.3 Å². The van der Waals surface area contributed by atoms with Gasteiger partial charge in [-0.1, -0.05) is 31.0 Å². The maximum absolute atomic E-state index is 5.95. The van der Waals surface area contributed by atoms with Gasteiger partial charge >= 0.3 is 0 Å². The van der Waals surface area contributed by atoms with Gasteiger partial charge in [-0.2, -0.15) is 0 Å². The predicted octanol–water partition coefficient (Wildman–Crippen LogP) is 4.14. The fourth-order valence-electron chi connectivity index (χ4n) is 2.14. The Morgan fingerprint density at radius 1 is 1.40 bits per heavy atom. The Morgan fingerprint density at radius 3 is 3.00 bits per heavy atom. The maximum atomic E-state index is 5.95. The SMILES string of the molecule is CC1[CH]CCCC1Nc1cccc(Cl)c1. The predicted molar refractivity (Wildman–Crippen MR) is 66.2 cm³/mol. The molecule has 0 aromatic heterocycles. The molecule has 1 N–H and O–H groups in total. The molecule has 0 amide bonds. The minimum Gasteiger partial charge on any atom is -0.382 e. The topological polar surface area (TPSA) is 12.0 Å². The molecule has 1 aliphatic carbocycles. The molecule has 81 valence electrons. The third-order valence-corrected chi connectivity index (χ3v) is 3.30. The summed E-state index contributed by atoms with van der Waals surface area (Å²) >= 11 is 5.95. The molecule has 2 heteroatoms. The van der Waals surface area contributed by atoms with Crippen molar-refractivity contribution in [3.63, 3.8) is 0 Å². The minimum absolute atomic E-state index is 0.567. The summed E-state index contributed by atoms with van der Waals surface area (Å²) in [7, 11) is 0. The Balaban J connectivity index is 2.01. The van der Waals surface area contributed by atoms with Crippen molar-refractivity contribution in [2.75, 3.05) is 5.32 Å². The summed E-state index contributed by atoms with van der Waals surface area (Å²) in [6, 6.07) is 8.53. The van der Waals surface area contributed by atoms with Crippen molar-refractivity contribution in [2.24, 2.45) is 5.92 Å². The first-order valence-corrected chi connectivity index (χ1v) is 5.99. The zero-order valence-electron chi connectivity index (χ0n) is 9.04. The first-order chi connectivity index (χ1) is 7.25. The highest BCUT2D eigenvalue weighted by molar-refractivity contribution is 6.30. The average Bonchev–Trinajstić information content (AvgIpc) is 2.22. The molecular weight excluding hydrogens is 206 g/mol. The lowest BCUT2D eigenvalue weighted by Gasteiger charge is -2.30. The average molecular weight is 223 g/mol. The van der Waals surface area contributed by atoms with E-state index in [2.05, 4.69) is 24.7 Å². The molecule has 2 atom stereocenters. The fraction of sp³-hybridized carbons (Fsp3) is 0.462. The van der Waals surface area contributed by atoms with Gasteiger partial charge in [0.05, 0.1) is 0 Å². The van der Waals surface area contributed by atoms with Gasteiger partial charge in [0.15, 0.2) is 0 Å². The summed E-state index contributed by atoms with van der Waals surface area (Å²) < 4.78 is 0. The van der Waals surface area contributed by atoms with Crippen LogP contribution in [-0.2, 0) is 0 Å². The number of anilines is 1. The van der Waals surface area contributed by atoms with Crippen LogP contribution < -0.4 is 5.32 Å². The summed E-state index contributed by atoms with van der Waals surface area (Å²) in [6.45, 7) is 2.28. The Hall–Kier alpha value is -0.690. The third kappa shape index (κ3) is 2.88. The summed E-state index contributed by atoms with van der Waals surface area (Å²) in [4.78, 5) is 0. The van der Waals surface area contributed by atoms with Crippen LogP contribution in [0, 0.1) is 12.3 Å². The number of halogens is 1. The Kier molecular flexibility index (Phi) is 3.53. The van der Waals surface area contributed by atoms with Gasteiger partial charge < -0.3 is 5.32 Å². The Bertz CT molecular complexity index is 324. The molecule has 1 aliphatic rings. The van der Waals surface area contributed by atoms with Crippen LogP contribution in [0.4, 0.5) is 5.69 Å². The third-order valence-electron chi connectivity index (χ3n) is 3.07. The molecule has 0 heterocycles. The van der Waals surface area contributed by atoms with Crippen molar-refractivity contribution in [3.05, 3.63) is 35.7 Å². The van der Waals surface area contributed by atoms with Crippen molar-refractivity contribution >= 4 is 17.3 Å². The van der Waals surface area contributed by atoms with Crippen molar-refractivity contribution < 1.29 is 0 Å². The molecule has 2 rings (SSSR count). The second-order valence-electron chi connectivity index (χ2n) is 4.29. The van der Waals surface area contributed by atoms with Crippen molar-refractivity contribution in [2.45, 2.75) is 32.2 Å². The normalized spacial score (nSPS) is 26.3. The van der Waals surface area contributed by atoms with Gasteiger partial charge in [-0.25, -0.2) is 0 Å². The molecule has 1 radical (unpaired) electrons. The molecule has 1 saturated carbocycles. The van der Waals surface area contributed by atoms with Crippen LogP contribution in [0.1, 0.15) is 26.2 Å². The van der Waals surface area contributed by atoms with E-state index >= 15 is 0 Å². The van der Waals surface area contributed by atoms with E-state index in [4.69, 9.17) is 11.6 Å². The van der Waals surface area contributed by atoms with Crippen LogP contribution in [0.25, 0.3) is 0 Å². The van der Waals surface area contributed by atoms with E-state index in [0.717, 1.165) is 10.7 Å². The van der Waals surface area contributed by atoms with Gasteiger partial charge in [0.1, 0.15) is 0 Å². The second-order valence-corrected chi connectivity index (χ2v) is 4.72. The van der Waals surface area contributed by atoms with Gasteiger partial charge in [-0.15, -0.1) is 0 Å². The molecule has 0 bridgehead atoms. The van der Waals surface area contributed by atoms with E-state index in [0.29, 0.717) is 12.0 Å². The maximum Gasteiger partial charge on any atom is 0.0426 e. The van der Waals surface area contributed by atoms with Crippen LogP contribution in [0.2, 0.25) is 5.02 Å². The van der Waals surface area contributed by atoms with Crippen LogP contribution in [-0.4, -0.2) is 6.04 Å². The lowest BCUT2D eigenvalue weighted by molar-refractivity contribution is 0.429. The molecule has 15 heavy (non-hydrogen) atoms. The monoisotopic (exact) mass is 222 g/mol. The smallest absolute Gasteiger partial charge is 0.0426 e. The fourth-order valence-corrected chi connectivity index (χ4v) is 2.33. The molecule has 0 aliphatic heterocycles. The van der Waals surface area contributed by atoms with E-state index in [1.54, 1.807) is 0 Å². The Morgan fingerprint density at radius 2 is 2.27 bits per heavy atom. The molecule has 2 unspecified atom stereocenters. The molecule has 1 aromatic rings. The Labute approximate surface area is 96.8 Å². The number of hydrogen-bond donors (Lipinski definition) is 1. The number of nitrogens with one attached hydrogen (secondary N) is 1. The van der Waals surface area contributed by atoms with Crippen LogP contribution >= 0.6 is 11.6 Å². The summed E-state index contributed by atoms with van der Waals surface area (Å²) in [6.07, 6.45) is 6.22. The molecule has 1 fully saturated rings. The lowest BCUT2D eigenvalue weighted by atomic mass is 9.86. The van der Waals surface area contributed by atoms with E-state index in [-0.39, 0.29) is 0 Å². The molecule has 1 nitrogen and oxygen atoms in total. The van der Waals surface area contributed by atoms with Gasteiger partial charge in [-0.05, 0) is 43.4 Å². The zero-order chi connectivity index (χ0) is 10.7. The zero-order valence-corrected chi connectivity index (χ0v) is 9.80.